The molecule has 3 aromatic rings. The first-order valence-corrected chi connectivity index (χ1v) is 7.28. The number of para-hydroxylation sites is 1. The molecular weight excluding hydrogens is 292 g/mol. The van der Waals surface area contributed by atoms with Gasteiger partial charge in [-0.05, 0) is 19.1 Å². The van der Waals surface area contributed by atoms with Crippen LogP contribution in [0, 0.1) is 6.92 Å². The van der Waals surface area contributed by atoms with Crippen molar-refractivity contribution in [2.75, 3.05) is 7.11 Å². The summed E-state index contributed by atoms with van der Waals surface area (Å²) in [5.74, 6) is 0.385. The highest BCUT2D eigenvalue weighted by Gasteiger charge is 2.13. The minimum Gasteiger partial charge on any atom is -0.493 e. The number of Topliss-reactive ketones (excluding diaryl/α,β-unsaturated/α-hetero) is 1. The largest absolute Gasteiger partial charge is 0.493 e. The predicted octanol–water partition coefficient (Wildman–Crippen LogP) is 3.54. The van der Waals surface area contributed by atoms with Crippen molar-refractivity contribution < 1.29 is 13.9 Å². The first-order chi connectivity index (χ1) is 11.1. The summed E-state index contributed by atoms with van der Waals surface area (Å²) in [5.41, 5.74) is 1.89. The molecule has 0 amide bonds. The van der Waals surface area contributed by atoms with E-state index in [-0.39, 0.29) is 12.2 Å². The Morgan fingerprint density at radius 1 is 1.13 bits per heavy atom. The zero-order valence-corrected chi connectivity index (χ0v) is 13.0. The molecule has 0 N–H and O–H groups in total. The van der Waals surface area contributed by atoms with Crippen LogP contribution in [0.5, 0.6) is 5.75 Å². The Hall–Kier alpha value is -2.88. The molecule has 4 nitrogen and oxygen atoms in total. The van der Waals surface area contributed by atoms with E-state index in [1.54, 1.807) is 24.3 Å². The molecule has 0 saturated carbocycles. The number of aryl methyl sites for hydroxylation is 1. The van der Waals surface area contributed by atoms with Crippen molar-refractivity contribution in [3.63, 3.8) is 0 Å². The highest BCUT2D eigenvalue weighted by molar-refractivity contribution is 5.97. The van der Waals surface area contributed by atoms with Crippen molar-refractivity contribution in [2.24, 2.45) is 0 Å². The third-order valence-electron chi connectivity index (χ3n) is 3.74. The Kier molecular flexibility index (Phi) is 3.98. The molecule has 0 aliphatic heterocycles. The van der Waals surface area contributed by atoms with Crippen LogP contribution in [0.15, 0.2) is 57.7 Å². The molecule has 0 aliphatic rings. The van der Waals surface area contributed by atoms with Gasteiger partial charge in [0.15, 0.2) is 17.1 Å². The lowest BCUT2D eigenvalue weighted by molar-refractivity contribution is 0.0992. The molecule has 2 aromatic carbocycles. The van der Waals surface area contributed by atoms with Gasteiger partial charge in [0.1, 0.15) is 0 Å². The quantitative estimate of drug-likeness (QED) is 0.546. The Labute approximate surface area is 133 Å². The number of hydrogen-bond donors (Lipinski definition) is 0. The number of hydrogen-bond acceptors (Lipinski definition) is 4. The van der Waals surface area contributed by atoms with Crippen molar-refractivity contribution in [3.8, 4) is 5.75 Å². The highest BCUT2D eigenvalue weighted by Crippen LogP contribution is 2.24. The maximum atomic E-state index is 12.3. The zero-order chi connectivity index (χ0) is 16.4. The van der Waals surface area contributed by atoms with E-state index in [1.165, 1.54) is 7.11 Å². The smallest absolute Gasteiger partial charge is 0.340 e. The zero-order valence-electron chi connectivity index (χ0n) is 13.0. The molecule has 116 valence electrons. The van der Waals surface area contributed by atoms with E-state index in [9.17, 15) is 9.59 Å². The monoisotopic (exact) mass is 308 g/mol. The fourth-order valence-electron chi connectivity index (χ4n) is 2.46. The first-order valence-electron chi connectivity index (χ1n) is 7.28. The van der Waals surface area contributed by atoms with Gasteiger partial charge in [0.05, 0.1) is 7.11 Å². The number of ketones is 1. The molecule has 0 fully saturated rings. The van der Waals surface area contributed by atoms with Gasteiger partial charge in [0.2, 0.25) is 0 Å². The molecule has 1 aromatic heterocycles. The molecule has 0 bridgehead atoms. The number of fused-ring (bicyclic) bond motifs is 1. The van der Waals surface area contributed by atoms with E-state index in [0.717, 1.165) is 10.9 Å². The fraction of sp³-hybridized carbons (Fsp3) is 0.158. The summed E-state index contributed by atoms with van der Waals surface area (Å²) in [6.07, 6.45) is 0.0124. The van der Waals surface area contributed by atoms with Gasteiger partial charge in [-0.25, -0.2) is 4.79 Å². The molecule has 0 spiro atoms. The van der Waals surface area contributed by atoms with Crippen molar-refractivity contribution in [1.82, 2.24) is 0 Å². The van der Waals surface area contributed by atoms with Crippen molar-refractivity contribution in [1.29, 1.82) is 0 Å². The van der Waals surface area contributed by atoms with E-state index in [1.807, 2.05) is 31.2 Å². The lowest BCUT2D eigenvalue weighted by Gasteiger charge is -2.06. The summed E-state index contributed by atoms with van der Waals surface area (Å²) in [4.78, 5) is 24.5. The highest BCUT2D eigenvalue weighted by atomic mass is 16.5. The summed E-state index contributed by atoms with van der Waals surface area (Å²) in [7, 11) is 1.52. The Balaban J connectivity index is 1.97. The van der Waals surface area contributed by atoms with Crippen LogP contribution < -0.4 is 10.4 Å². The Morgan fingerprint density at radius 2 is 1.87 bits per heavy atom. The van der Waals surface area contributed by atoms with Gasteiger partial charge >= 0.3 is 5.63 Å². The fourth-order valence-corrected chi connectivity index (χ4v) is 2.46. The van der Waals surface area contributed by atoms with Crippen LogP contribution >= 0.6 is 0 Å². The molecular formula is C19H16O4. The third-order valence-corrected chi connectivity index (χ3v) is 3.74. The minimum absolute atomic E-state index is 0.0124. The second-order valence-corrected chi connectivity index (χ2v) is 5.40. The predicted molar refractivity (Wildman–Crippen MR) is 88.2 cm³/mol. The average Bonchev–Trinajstić information content (AvgIpc) is 2.55. The van der Waals surface area contributed by atoms with Crippen LogP contribution in [-0.2, 0) is 6.42 Å². The summed E-state index contributed by atoms with van der Waals surface area (Å²) >= 11 is 0. The van der Waals surface area contributed by atoms with Crippen molar-refractivity contribution in [3.05, 3.63) is 75.6 Å². The minimum atomic E-state index is -0.512. The van der Waals surface area contributed by atoms with Gasteiger partial charge in [-0.15, -0.1) is 0 Å². The first kappa shape index (κ1) is 15.0. The summed E-state index contributed by atoms with van der Waals surface area (Å²) in [5, 5.41) is 0.732. The standard InChI is InChI=1S/C19H16O4/c1-12-6-8-13(9-7-12)16(20)11-15-10-14-4-3-5-17(22-2)18(14)23-19(15)21/h3-10H,11H2,1-2H3. The van der Waals surface area contributed by atoms with Gasteiger partial charge in [-0.1, -0.05) is 42.0 Å². The van der Waals surface area contributed by atoms with E-state index < -0.39 is 5.63 Å². The normalized spacial score (nSPS) is 10.7. The lowest BCUT2D eigenvalue weighted by atomic mass is 10.0. The van der Waals surface area contributed by atoms with Crippen molar-refractivity contribution >= 4 is 16.8 Å². The molecule has 0 atom stereocenters. The van der Waals surface area contributed by atoms with Crippen LogP contribution in [-0.4, -0.2) is 12.9 Å². The number of ether oxygens (including phenoxy) is 1. The summed E-state index contributed by atoms with van der Waals surface area (Å²) < 4.78 is 10.5. The van der Waals surface area contributed by atoms with Crippen LogP contribution in [0.25, 0.3) is 11.0 Å². The number of carbonyl (C=O) groups is 1. The third kappa shape index (κ3) is 3.01. The van der Waals surface area contributed by atoms with Gasteiger partial charge in [-0.2, -0.15) is 0 Å². The van der Waals surface area contributed by atoms with Gasteiger partial charge < -0.3 is 9.15 Å². The number of rotatable bonds is 4. The van der Waals surface area contributed by atoms with E-state index >= 15 is 0 Å². The number of methoxy groups -OCH3 is 1. The number of benzene rings is 2. The topological polar surface area (TPSA) is 56.5 Å². The SMILES string of the molecule is COc1cccc2cc(CC(=O)c3ccc(C)cc3)c(=O)oc12. The van der Waals surface area contributed by atoms with E-state index in [2.05, 4.69) is 0 Å². The molecule has 0 unspecified atom stereocenters. The maximum Gasteiger partial charge on any atom is 0.340 e. The van der Waals surface area contributed by atoms with Gasteiger partial charge in [-0.3, -0.25) is 4.79 Å². The summed E-state index contributed by atoms with van der Waals surface area (Å²) in [6.45, 7) is 1.96. The van der Waals surface area contributed by atoms with Crippen LogP contribution in [0.2, 0.25) is 0 Å². The molecule has 4 heteroatoms. The van der Waals surface area contributed by atoms with E-state index in [0.29, 0.717) is 22.5 Å². The van der Waals surface area contributed by atoms with E-state index in [4.69, 9.17) is 9.15 Å². The van der Waals surface area contributed by atoms with Crippen LogP contribution in [0.3, 0.4) is 0 Å². The van der Waals surface area contributed by atoms with Crippen LogP contribution in [0.1, 0.15) is 21.5 Å². The Bertz CT molecular complexity index is 920. The molecule has 3 rings (SSSR count). The Morgan fingerprint density at radius 3 is 2.57 bits per heavy atom. The lowest BCUT2D eigenvalue weighted by Crippen LogP contribution is -2.13. The van der Waals surface area contributed by atoms with Crippen LogP contribution in [0.4, 0.5) is 0 Å². The van der Waals surface area contributed by atoms with Gasteiger partial charge in [0, 0.05) is 22.9 Å². The molecule has 1 heterocycles. The summed E-state index contributed by atoms with van der Waals surface area (Å²) in [6, 6.07) is 14.3. The second kappa shape index (κ2) is 6.08. The van der Waals surface area contributed by atoms with Crippen molar-refractivity contribution in [2.45, 2.75) is 13.3 Å². The molecule has 0 radical (unpaired) electrons. The second-order valence-electron chi connectivity index (χ2n) is 5.40. The molecule has 0 saturated heterocycles. The number of carbonyl (C=O) groups excluding carboxylic acids is 1. The average molecular weight is 308 g/mol. The molecule has 23 heavy (non-hydrogen) atoms. The van der Waals surface area contributed by atoms with Gasteiger partial charge in [0.25, 0.3) is 0 Å². The maximum absolute atomic E-state index is 12.3. The molecule has 0 aliphatic carbocycles.